The normalized spacial score (nSPS) is 16.0. The fraction of sp³-hybridized carbons (Fsp3) is 0.211. The molecule has 0 N–H and O–H groups in total. The van der Waals surface area contributed by atoms with Crippen molar-refractivity contribution >= 4 is 22.0 Å². The zero-order valence-corrected chi connectivity index (χ0v) is 15.2. The Morgan fingerprint density at radius 1 is 0.926 bits per heavy atom. The van der Waals surface area contributed by atoms with Crippen LogP contribution in [0.5, 0.6) is 0 Å². The third-order valence-electron chi connectivity index (χ3n) is 4.31. The molecule has 1 heterocycles. The second kappa shape index (κ2) is 7.98. The number of nitrogens with zero attached hydrogens (tertiary/aromatic N) is 2. The summed E-state index contributed by atoms with van der Waals surface area (Å²) >= 11 is 0. The van der Waals surface area contributed by atoms with Gasteiger partial charge < -0.3 is 4.90 Å². The molecule has 1 saturated heterocycles. The van der Waals surface area contributed by atoms with Gasteiger partial charge in [-0.3, -0.25) is 4.79 Å². The lowest BCUT2D eigenvalue weighted by atomic mass is 10.2. The average Bonchev–Trinajstić information content (AvgIpc) is 2.67. The maximum Gasteiger partial charge on any atom is 0.246 e. The lowest BCUT2D eigenvalue weighted by molar-refractivity contribution is -0.127. The summed E-state index contributed by atoms with van der Waals surface area (Å²) in [6.45, 7) is 0.722. The Hall–Kier alpha value is -2.58. The van der Waals surface area contributed by atoms with Gasteiger partial charge in [-0.25, -0.2) is 17.2 Å². The highest BCUT2D eigenvalue weighted by Crippen LogP contribution is 2.18. The summed E-state index contributed by atoms with van der Waals surface area (Å²) in [7, 11) is -3.73. The SMILES string of the molecule is O=C(C=Cc1ccccc1F)N1CCN(S(=O)(=O)c2ccc(F)cc2)CC1. The number of hydrogen-bond donors (Lipinski definition) is 0. The molecule has 0 radical (unpaired) electrons. The molecule has 1 aliphatic rings. The maximum absolute atomic E-state index is 13.6. The summed E-state index contributed by atoms with van der Waals surface area (Å²) in [5.74, 6) is -1.24. The van der Waals surface area contributed by atoms with Crippen molar-refractivity contribution in [2.75, 3.05) is 26.2 Å². The monoisotopic (exact) mass is 392 g/mol. The molecule has 0 bridgehead atoms. The molecule has 142 valence electrons. The van der Waals surface area contributed by atoms with Gasteiger partial charge in [0.25, 0.3) is 0 Å². The minimum Gasteiger partial charge on any atom is -0.337 e. The van der Waals surface area contributed by atoms with Gasteiger partial charge in [-0.2, -0.15) is 4.31 Å². The van der Waals surface area contributed by atoms with E-state index >= 15 is 0 Å². The van der Waals surface area contributed by atoms with E-state index in [1.165, 1.54) is 39.6 Å². The first kappa shape index (κ1) is 19.2. The molecule has 0 spiro atoms. The van der Waals surface area contributed by atoms with Gasteiger partial charge in [0.15, 0.2) is 0 Å². The predicted molar refractivity (Wildman–Crippen MR) is 97.2 cm³/mol. The van der Waals surface area contributed by atoms with Crippen molar-refractivity contribution < 1.29 is 22.0 Å². The second-order valence-electron chi connectivity index (χ2n) is 6.04. The first-order chi connectivity index (χ1) is 12.9. The second-order valence-corrected chi connectivity index (χ2v) is 7.98. The molecule has 27 heavy (non-hydrogen) atoms. The average molecular weight is 392 g/mol. The summed E-state index contributed by atoms with van der Waals surface area (Å²) in [6, 6.07) is 10.7. The molecule has 5 nitrogen and oxygen atoms in total. The van der Waals surface area contributed by atoms with Crippen LogP contribution in [0.1, 0.15) is 5.56 Å². The highest BCUT2D eigenvalue weighted by atomic mass is 32.2. The van der Waals surface area contributed by atoms with E-state index in [4.69, 9.17) is 0 Å². The number of carbonyl (C=O) groups excluding carboxylic acids is 1. The van der Waals surface area contributed by atoms with Crippen LogP contribution in [0.15, 0.2) is 59.5 Å². The van der Waals surface area contributed by atoms with Gasteiger partial charge in [0.2, 0.25) is 15.9 Å². The van der Waals surface area contributed by atoms with Crippen molar-refractivity contribution in [3.05, 3.63) is 71.8 Å². The number of amides is 1. The molecule has 0 unspecified atom stereocenters. The smallest absolute Gasteiger partial charge is 0.246 e. The number of carbonyl (C=O) groups is 1. The highest BCUT2D eigenvalue weighted by molar-refractivity contribution is 7.89. The van der Waals surface area contributed by atoms with E-state index < -0.39 is 21.7 Å². The Morgan fingerprint density at radius 2 is 1.56 bits per heavy atom. The number of hydrogen-bond acceptors (Lipinski definition) is 3. The zero-order valence-electron chi connectivity index (χ0n) is 14.4. The van der Waals surface area contributed by atoms with Crippen molar-refractivity contribution in [2.45, 2.75) is 4.90 Å². The largest absolute Gasteiger partial charge is 0.337 e. The maximum atomic E-state index is 13.6. The Morgan fingerprint density at radius 3 is 2.19 bits per heavy atom. The van der Waals surface area contributed by atoms with Crippen molar-refractivity contribution in [3.8, 4) is 0 Å². The fourth-order valence-electron chi connectivity index (χ4n) is 2.78. The van der Waals surface area contributed by atoms with Crippen LogP contribution >= 0.6 is 0 Å². The van der Waals surface area contributed by atoms with Gasteiger partial charge in [-0.1, -0.05) is 18.2 Å². The van der Waals surface area contributed by atoms with E-state index in [2.05, 4.69) is 0 Å². The Bertz CT molecular complexity index is 951. The van der Waals surface area contributed by atoms with Gasteiger partial charge in [-0.05, 0) is 36.4 Å². The van der Waals surface area contributed by atoms with E-state index in [9.17, 15) is 22.0 Å². The summed E-state index contributed by atoms with van der Waals surface area (Å²) in [6.07, 6.45) is 2.68. The first-order valence-corrected chi connectivity index (χ1v) is 9.79. The number of halogens is 2. The van der Waals surface area contributed by atoms with E-state index in [0.717, 1.165) is 12.1 Å². The van der Waals surface area contributed by atoms with Crippen LogP contribution in [0.2, 0.25) is 0 Å². The predicted octanol–water partition coefficient (Wildman–Crippen LogP) is 2.51. The minimum atomic E-state index is -3.73. The molecule has 2 aromatic carbocycles. The van der Waals surface area contributed by atoms with Gasteiger partial charge in [0, 0.05) is 37.8 Å². The van der Waals surface area contributed by atoms with Crippen LogP contribution < -0.4 is 0 Å². The van der Waals surface area contributed by atoms with E-state index in [0.29, 0.717) is 5.56 Å². The van der Waals surface area contributed by atoms with Crippen LogP contribution in [0, 0.1) is 11.6 Å². The molecular weight excluding hydrogens is 374 g/mol. The summed E-state index contributed by atoms with van der Waals surface area (Å²) in [4.78, 5) is 13.8. The molecule has 1 aliphatic heterocycles. The lowest BCUT2D eigenvalue weighted by Crippen LogP contribution is -2.50. The molecule has 0 saturated carbocycles. The minimum absolute atomic E-state index is 0.0168. The molecule has 8 heteroatoms. The summed E-state index contributed by atoms with van der Waals surface area (Å²) in [5.41, 5.74) is 0.309. The van der Waals surface area contributed by atoms with Gasteiger partial charge in [0.05, 0.1) is 4.90 Å². The highest BCUT2D eigenvalue weighted by Gasteiger charge is 2.29. The van der Waals surface area contributed by atoms with Gasteiger partial charge in [-0.15, -0.1) is 0 Å². The molecule has 0 atom stereocenters. The van der Waals surface area contributed by atoms with Crippen molar-refractivity contribution in [1.82, 2.24) is 9.21 Å². The van der Waals surface area contributed by atoms with Crippen LogP contribution in [0.3, 0.4) is 0 Å². The lowest BCUT2D eigenvalue weighted by Gasteiger charge is -2.33. The molecule has 3 rings (SSSR count). The van der Waals surface area contributed by atoms with Gasteiger partial charge >= 0.3 is 0 Å². The third kappa shape index (κ3) is 4.40. The number of piperazine rings is 1. The van der Waals surface area contributed by atoms with Crippen LogP contribution in [-0.2, 0) is 14.8 Å². The molecule has 0 aliphatic carbocycles. The van der Waals surface area contributed by atoms with Crippen LogP contribution in [-0.4, -0.2) is 49.7 Å². The Kier molecular flexibility index (Phi) is 5.67. The third-order valence-corrected chi connectivity index (χ3v) is 6.23. The summed E-state index contributed by atoms with van der Waals surface area (Å²) < 4.78 is 53.0. The standard InChI is InChI=1S/C19H18F2N2O3S/c20-16-6-8-17(9-7-16)27(25,26)23-13-11-22(12-14-23)19(24)10-5-15-3-1-2-4-18(15)21/h1-10H,11-14H2. The number of sulfonamides is 1. The quantitative estimate of drug-likeness (QED) is 0.752. The van der Waals surface area contributed by atoms with Crippen LogP contribution in [0.25, 0.3) is 6.08 Å². The molecule has 2 aromatic rings. The van der Waals surface area contributed by atoms with Crippen LogP contribution in [0.4, 0.5) is 8.78 Å². The number of rotatable bonds is 4. The van der Waals surface area contributed by atoms with E-state index in [1.54, 1.807) is 18.2 Å². The number of benzene rings is 2. The first-order valence-electron chi connectivity index (χ1n) is 8.35. The molecular formula is C19H18F2N2O3S. The van der Waals surface area contributed by atoms with Crippen molar-refractivity contribution in [3.63, 3.8) is 0 Å². The molecule has 1 amide bonds. The summed E-state index contributed by atoms with van der Waals surface area (Å²) in [5, 5.41) is 0. The topological polar surface area (TPSA) is 57.7 Å². The van der Waals surface area contributed by atoms with Gasteiger partial charge in [0.1, 0.15) is 11.6 Å². The Labute approximate surface area is 156 Å². The Balaban J connectivity index is 1.62. The zero-order chi connectivity index (χ0) is 19.4. The van der Waals surface area contributed by atoms with Crippen molar-refractivity contribution in [2.24, 2.45) is 0 Å². The van der Waals surface area contributed by atoms with E-state index in [1.807, 2.05) is 0 Å². The van der Waals surface area contributed by atoms with Crippen molar-refractivity contribution in [1.29, 1.82) is 0 Å². The molecule has 0 aromatic heterocycles. The molecule has 1 fully saturated rings. The fourth-order valence-corrected chi connectivity index (χ4v) is 4.20. The van der Waals surface area contributed by atoms with E-state index in [-0.39, 0.29) is 37.0 Å².